The van der Waals surface area contributed by atoms with Crippen molar-refractivity contribution in [2.24, 2.45) is 0 Å². The molecule has 0 atom stereocenters. The van der Waals surface area contributed by atoms with Crippen molar-refractivity contribution in [1.82, 2.24) is 5.32 Å². The van der Waals surface area contributed by atoms with Gasteiger partial charge in [0, 0.05) is 18.0 Å². The molecule has 1 aliphatic carbocycles. The zero-order valence-electron chi connectivity index (χ0n) is 22.9. The van der Waals surface area contributed by atoms with E-state index in [4.69, 9.17) is 14.0 Å². The van der Waals surface area contributed by atoms with E-state index >= 15 is 0 Å². The number of carbonyl (C=O) groups is 2. The van der Waals surface area contributed by atoms with Crippen molar-refractivity contribution in [2.45, 2.75) is 44.8 Å². The minimum absolute atomic E-state index is 0.0407. The first-order valence-corrected chi connectivity index (χ1v) is 13.1. The predicted molar refractivity (Wildman–Crippen MR) is 150 cm³/mol. The van der Waals surface area contributed by atoms with E-state index in [-0.39, 0.29) is 30.2 Å². The van der Waals surface area contributed by atoms with Gasteiger partial charge in [-0.25, -0.2) is 14.0 Å². The molecule has 1 saturated heterocycles. The van der Waals surface area contributed by atoms with E-state index < -0.39 is 36.2 Å². The van der Waals surface area contributed by atoms with Crippen LogP contribution in [-0.4, -0.2) is 48.6 Å². The first-order valence-electron chi connectivity index (χ1n) is 13.1. The van der Waals surface area contributed by atoms with Gasteiger partial charge in [-0.05, 0) is 73.6 Å². The number of carboxylic acids is 1. The Kier molecular flexibility index (Phi) is 7.29. The number of alkyl carbamates (subject to hydrolysis) is 1. The molecule has 3 aromatic carbocycles. The van der Waals surface area contributed by atoms with E-state index in [2.05, 4.69) is 17.4 Å². The molecule has 1 fully saturated rings. The lowest BCUT2D eigenvalue weighted by Gasteiger charge is -2.32. The Morgan fingerprint density at radius 2 is 1.55 bits per heavy atom. The van der Waals surface area contributed by atoms with E-state index in [1.54, 1.807) is 0 Å². The number of fused-ring (bicyclic) bond motifs is 3. The number of nitrogens with one attached hydrogen (secondary N) is 1. The summed E-state index contributed by atoms with van der Waals surface area (Å²) in [6, 6.07) is 19.7. The maximum atomic E-state index is 14.7. The van der Waals surface area contributed by atoms with Crippen LogP contribution in [0.25, 0.3) is 17.2 Å². The van der Waals surface area contributed by atoms with E-state index in [0.29, 0.717) is 5.47 Å². The van der Waals surface area contributed by atoms with Crippen molar-refractivity contribution < 1.29 is 33.1 Å². The largest absolute Gasteiger partial charge is 0.492 e. The highest BCUT2D eigenvalue weighted by atomic mass is 19.1. The number of amides is 1. The van der Waals surface area contributed by atoms with Crippen LogP contribution >= 0.6 is 0 Å². The molecule has 7 nitrogen and oxygen atoms in total. The fourth-order valence-corrected chi connectivity index (χ4v) is 5.01. The Hall–Kier alpha value is -3.95. The Morgan fingerprint density at radius 3 is 2.12 bits per heavy atom. The third-order valence-electron chi connectivity index (χ3n) is 7.92. The molecule has 3 aromatic rings. The van der Waals surface area contributed by atoms with Crippen molar-refractivity contribution in [3.8, 4) is 11.1 Å². The highest BCUT2D eigenvalue weighted by molar-refractivity contribution is 6.56. The predicted octanol–water partition coefficient (Wildman–Crippen LogP) is 6.08. The minimum Gasteiger partial charge on any atom is -0.478 e. The van der Waals surface area contributed by atoms with Crippen LogP contribution in [0.5, 0.6) is 0 Å². The second kappa shape index (κ2) is 10.6. The summed E-state index contributed by atoms with van der Waals surface area (Å²) in [4.78, 5) is 24.3. The summed E-state index contributed by atoms with van der Waals surface area (Å²) in [5.74, 6) is -1.88. The molecule has 2 aliphatic rings. The SMILES string of the molecule is CC1(C)OB(C(=Cc2cc(C(=O)O)ccc2F)CNC(=O)OCC2c3ccccc3-c3ccccc32)OC1(C)C. The van der Waals surface area contributed by atoms with Gasteiger partial charge in [0.15, 0.2) is 0 Å². The maximum Gasteiger partial charge on any atom is 0.492 e. The van der Waals surface area contributed by atoms with Gasteiger partial charge in [0.25, 0.3) is 0 Å². The lowest BCUT2D eigenvalue weighted by molar-refractivity contribution is 0.00578. The molecule has 0 unspecified atom stereocenters. The van der Waals surface area contributed by atoms with Crippen LogP contribution in [0.2, 0.25) is 0 Å². The Morgan fingerprint density at radius 1 is 0.975 bits per heavy atom. The van der Waals surface area contributed by atoms with Crippen molar-refractivity contribution in [2.75, 3.05) is 13.2 Å². The lowest BCUT2D eigenvalue weighted by Crippen LogP contribution is -2.41. The summed E-state index contributed by atoms with van der Waals surface area (Å²) in [7, 11) is -0.897. The number of ether oxygens (including phenoxy) is 1. The van der Waals surface area contributed by atoms with E-state index in [1.807, 2.05) is 64.1 Å². The molecule has 0 radical (unpaired) electrons. The summed E-state index contributed by atoms with van der Waals surface area (Å²) in [6.45, 7) is 7.61. The van der Waals surface area contributed by atoms with Crippen molar-refractivity contribution in [3.63, 3.8) is 0 Å². The van der Waals surface area contributed by atoms with Crippen LogP contribution in [-0.2, 0) is 14.0 Å². The first kappa shape index (κ1) is 27.6. The van der Waals surface area contributed by atoms with Crippen LogP contribution in [0.15, 0.2) is 72.2 Å². The summed E-state index contributed by atoms with van der Waals surface area (Å²) in [5, 5.41) is 12.1. The molecule has 5 rings (SSSR count). The van der Waals surface area contributed by atoms with Gasteiger partial charge in [0.2, 0.25) is 0 Å². The van der Waals surface area contributed by atoms with Gasteiger partial charge in [-0.15, -0.1) is 0 Å². The lowest BCUT2D eigenvalue weighted by atomic mass is 9.77. The highest BCUT2D eigenvalue weighted by Crippen LogP contribution is 2.44. The smallest absolute Gasteiger partial charge is 0.478 e. The number of halogens is 1. The van der Waals surface area contributed by atoms with Gasteiger partial charge in [0.05, 0.1) is 16.8 Å². The normalized spacial score (nSPS) is 17.3. The van der Waals surface area contributed by atoms with Gasteiger partial charge in [-0.1, -0.05) is 54.6 Å². The quantitative estimate of drug-likeness (QED) is 0.351. The number of hydrogen-bond acceptors (Lipinski definition) is 5. The molecule has 40 heavy (non-hydrogen) atoms. The van der Waals surface area contributed by atoms with Crippen LogP contribution in [0.1, 0.15) is 60.7 Å². The van der Waals surface area contributed by atoms with Crippen LogP contribution in [0.4, 0.5) is 9.18 Å². The maximum absolute atomic E-state index is 14.7. The second-order valence-electron chi connectivity index (χ2n) is 11.0. The molecular formula is C31H31BFNO6. The average molecular weight is 543 g/mol. The number of aromatic carboxylic acids is 1. The molecule has 2 N–H and O–H groups in total. The molecule has 0 aromatic heterocycles. The van der Waals surface area contributed by atoms with Crippen molar-refractivity contribution in [1.29, 1.82) is 0 Å². The molecular weight excluding hydrogens is 512 g/mol. The van der Waals surface area contributed by atoms with Gasteiger partial charge in [-0.3, -0.25) is 0 Å². The molecule has 0 saturated carbocycles. The molecule has 1 amide bonds. The zero-order valence-corrected chi connectivity index (χ0v) is 22.9. The fourth-order valence-electron chi connectivity index (χ4n) is 5.01. The number of benzene rings is 3. The van der Waals surface area contributed by atoms with Gasteiger partial charge >= 0.3 is 19.2 Å². The van der Waals surface area contributed by atoms with Crippen molar-refractivity contribution >= 4 is 25.3 Å². The number of carboxylic acid groups (broad SMARTS) is 1. The van der Waals surface area contributed by atoms with E-state index in [9.17, 15) is 19.1 Å². The highest BCUT2D eigenvalue weighted by Gasteiger charge is 2.52. The molecule has 0 bridgehead atoms. The van der Waals surface area contributed by atoms with Crippen LogP contribution in [0, 0.1) is 5.82 Å². The first-order chi connectivity index (χ1) is 19.0. The van der Waals surface area contributed by atoms with Gasteiger partial charge in [-0.2, -0.15) is 0 Å². The van der Waals surface area contributed by atoms with Crippen LogP contribution in [0.3, 0.4) is 0 Å². The molecule has 1 heterocycles. The topological polar surface area (TPSA) is 94.1 Å². The third-order valence-corrected chi connectivity index (χ3v) is 7.92. The van der Waals surface area contributed by atoms with Gasteiger partial charge in [0.1, 0.15) is 12.4 Å². The summed E-state index contributed by atoms with van der Waals surface area (Å²) >= 11 is 0. The van der Waals surface area contributed by atoms with Crippen LogP contribution < -0.4 is 5.32 Å². The van der Waals surface area contributed by atoms with Crippen molar-refractivity contribution in [3.05, 3.63) is 100 Å². The Labute approximate surface area is 233 Å². The molecule has 0 spiro atoms. The van der Waals surface area contributed by atoms with Gasteiger partial charge < -0.3 is 24.5 Å². The standard InChI is InChI=1S/C31H31BFNO6/c1-30(2)31(3,4)40-32(39-30)21(16-20-15-19(28(35)36)13-14-27(20)33)17-34-29(37)38-18-26-24-11-7-5-9-22(24)23-10-6-8-12-25(23)26/h5-16,26H,17-18H2,1-4H3,(H,34,37)(H,35,36). The molecule has 1 aliphatic heterocycles. The van der Waals surface area contributed by atoms with E-state index in [1.165, 1.54) is 18.2 Å². The molecule has 206 valence electrons. The van der Waals surface area contributed by atoms with E-state index in [0.717, 1.165) is 28.3 Å². The number of hydrogen-bond donors (Lipinski definition) is 2. The Bertz CT molecular complexity index is 1440. The average Bonchev–Trinajstić information content (AvgIpc) is 3.35. The Balaban J connectivity index is 1.34. The summed E-state index contributed by atoms with van der Waals surface area (Å²) < 4.78 is 32.6. The monoisotopic (exact) mass is 543 g/mol. The summed E-state index contributed by atoms with van der Waals surface area (Å²) in [5.41, 5.74) is 3.49. The number of carbonyl (C=O) groups excluding carboxylic acids is 1. The number of rotatable bonds is 7. The third kappa shape index (κ3) is 5.27. The molecule has 9 heteroatoms. The minimum atomic E-state index is -1.18. The zero-order chi connectivity index (χ0) is 28.7. The fraction of sp³-hybridized carbons (Fsp3) is 0.290. The summed E-state index contributed by atoms with van der Waals surface area (Å²) in [6.07, 6.45) is 0.803. The second-order valence-corrected chi connectivity index (χ2v) is 11.0.